The fraction of sp³-hybridized carbons (Fsp3) is 0.981. The molecule has 63 heavy (non-hydrogen) atoms. The summed E-state index contributed by atoms with van der Waals surface area (Å²) in [5.74, 6) is -0.136. The van der Waals surface area contributed by atoms with E-state index in [-0.39, 0.29) is 19.1 Å². The molecular formula is C54H112N2O6P+. The van der Waals surface area contributed by atoms with Gasteiger partial charge in [0, 0.05) is 6.42 Å². The van der Waals surface area contributed by atoms with E-state index in [1.807, 2.05) is 21.1 Å². The highest BCUT2D eigenvalue weighted by atomic mass is 31.2. The van der Waals surface area contributed by atoms with E-state index in [1.54, 1.807) is 0 Å². The first kappa shape index (κ1) is 62.5. The van der Waals surface area contributed by atoms with Gasteiger partial charge in [-0.1, -0.05) is 271 Å². The predicted octanol–water partition coefficient (Wildman–Crippen LogP) is 16.5. The van der Waals surface area contributed by atoms with Crippen LogP contribution in [0.25, 0.3) is 0 Å². The molecule has 0 bridgehead atoms. The van der Waals surface area contributed by atoms with Gasteiger partial charge in [0.05, 0.1) is 39.9 Å². The number of aliphatic hydroxyl groups is 1. The number of phosphoric acid groups is 1. The van der Waals surface area contributed by atoms with Crippen LogP contribution in [0.15, 0.2) is 0 Å². The van der Waals surface area contributed by atoms with E-state index in [2.05, 4.69) is 19.2 Å². The van der Waals surface area contributed by atoms with E-state index in [4.69, 9.17) is 9.05 Å². The van der Waals surface area contributed by atoms with Gasteiger partial charge in [0.25, 0.3) is 0 Å². The summed E-state index contributed by atoms with van der Waals surface area (Å²) in [6.45, 7) is 4.94. The van der Waals surface area contributed by atoms with Crippen LogP contribution in [0.1, 0.15) is 290 Å². The second-order valence-electron chi connectivity index (χ2n) is 20.7. The van der Waals surface area contributed by atoms with Crippen molar-refractivity contribution in [2.24, 2.45) is 0 Å². The molecule has 0 saturated carbocycles. The minimum absolute atomic E-state index is 0.0790. The van der Waals surface area contributed by atoms with Gasteiger partial charge in [-0.15, -0.1) is 0 Å². The lowest BCUT2D eigenvalue weighted by atomic mass is 10.0. The molecule has 3 atom stereocenters. The van der Waals surface area contributed by atoms with Gasteiger partial charge in [-0.3, -0.25) is 13.8 Å². The second kappa shape index (κ2) is 46.6. The van der Waals surface area contributed by atoms with Crippen LogP contribution in [0, 0.1) is 0 Å². The average molecular weight is 916 g/mol. The van der Waals surface area contributed by atoms with Crippen LogP contribution in [-0.2, 0) is 18.4 Å². The van der Waals surface area contributed by atoms with Crippen molar-refractivity contribution in [3.05, 3.63) is 0 Å². The van der Waals surface area contributed by atoms with Crippen LogP contribution < -0.4 is 5.32 Å². The maximum Gasteiger partial charge on any atom is 0.472 e. The number of likely N-dealkylation sites (N-methyl/N-ethyl adjacent to an activating group) is 1. The number of nitrogens with one attached hydrogen (secondary N) is 1. The number of phosphoric ester groups is 1. The number of nitrogens with zero attached hydrogens (tertiary/aromatic N) is 1. The molecule has 1 unspecified atom stereocenters. The van der Waals surface area contributed by atoms with Crippen molar-refractivity contribution >= 4 is 13.7 Å². The SMILES string of the molecule is CCCCCCCCCCCCCCCCCCCCCCCCCCC(=O)N[C@@H](COP(=O)(O)OCC[N+](C)(C)C)[C@H](O)CCCCCCCCCCCCCCCCCCC. The summed E-state index contributed by atoms with van der Waals surface area (Å²) >= 11 is 0. The second-order valence-corrected chi connectivity index (χ2v) is 22.1. The lowest BCUT2D eigenvalue weighted by Crippen LogP contribution is -2.46. The molecule has 0 aliphatic rings. The van der Waals surface area contributed by atoms with Gasteiger partial charge in [-0.2, -0.15) is 0 Å². The zero-order chi connectivity index (χ0) is 46.4. The molecular weight excluding hydrogens is 804 g/mol. The van der Waals surface area contributed by atoms with E-state index in [1.165, 1.54) is 225 Å². The number of hydrogen-bond acceptors (Lipinski definition) is 5. The van der Waals surface area contributed by atoms with Crippen molar-refractivity contribution in [1.29, 1.82) is 0 Å². The zero-order valence-corrected chi connectivity index (χ0v) is 44.0. The van der Waals surface area contributed by atoms with Crippen LogP contribution in [-0.4, -0.2) is 73.4 Å². The molecule has 0 aliphatic carbocycles. The van der Waals surface area contributed by atoms with Gasteiger partial charge in [-0.25, -0.2) is 4.57 Å². The zero-order valence-electron chi connectivity index (χ0n) is 43.1. The highest BCUT2D eigenvalue weighted by Gasteiger charge is 2.28. The summed E-state index contributed by atoms with van der Waals surface area (Å²) in [6, 6.07) is -0.754. The monoisotopic (exact) mass is 916 g/mol. The summed E-state index contributed by atoms with van der Waals surface area (Å²) in [7, 11) is 1.63. The minimum Gasteiger partial charge on any atom is -0.391 e. The van der Waals surface area contributed by atoms with E-state index >= 15 is 0 Å². The lowest BCUT2D eigenvalue weighted by molar-refractivity contribution is -0.870. The number of carbonyl (C=O) groups excluding carboxylic acids is 1. The first-order chi connectivity index (χ1) is 30.5. The van der Waals surface area contributed by atoms with Crippen molar-refractivity contribution in [2.75, 3.05) is 40.9 Å². The number of hydrogen-bond donors (Lipinski definition) is 3. The Morgan fingerprint density at radius 1 is 0.476 bits per heavy atom. The molecule has 0 aromatic rings. The maximum atomic E-state index is 13.0. The number of quaternary nitrogens is 1. The van der Waals surface area contributed by atoms with Gasteiger partial charge in [0.2, 0.25) is 5.91 Å². The quantitative estimate of drug-likeness (QED) is 0.0319. The van der Waals surface area contributed by atoms with E-state index in [9.17, 15) is 19.4 Å². The van der Waals surface area contributed by atoms with Crippen LogP contribution in [0.5, 0.6) is 0 Å². The van der Waals surface area contributed by atoms with Crippen LogP contribution in [0.2, 0.25) is 0 Å². The Morgan fingerprint density at radius 2 is 0.762 bits per heavy atom. The Morgan fingerprint density at radius 3 is 1.06 bits per heavy atom. The molecule has 9 heteroatoms. The van der Waals surface area contributed by atoms with Crippen molar-refractivity contribution < 1.29 is 32.9 Å². The largest absolute Gasteiger partial charge is 0.472 e. The summed E-state index contributed by atoms with van der Waals surface area (Å²) in [5.41, 5.74) is 0. The Bertz CT molecular complexity index is 994. The van der Waals surface area contributed by atoms with Crippen molar-refractivity contribution in [3.63, 3.8) is 0 Å². The van der Waals surface area contributed by atoms with Gasteiger partial charge < -0.3 is 19.8 Å². The third-order valence-electron chi connectivity index (χ3n) is 13.1. The fourth-order valence-corrected chi connectivity index (χ4v) is 9.43. The maximum absolute atomic E-state index is 13.0. The predicted molar refractivity (Wildman–Crippen MR) is 272 cm³/mol. The fourth-order valence-electron chi connectivity index (χ4n) is 8.70. The van der Waals surface area contributed by atoms with E-state index < -0.39 is 20.0 Å². The number of rotatable bonds is 52. The molecule has 0 fully saturated rings. The summed E-state index contributed by atoms with van der Waals surface area (Å²) < 4.78 is 23.8. The molecule has 0 spiro atoms. The van der Waals surface area contributed by atoms with Gasteiger partial charge in [-0.05, 0) is 12.8 Å². The highest BCUT2D eigenvalue weighted by Crippen LogP contribution is 2.43. The van der Waals surface area contributed by atoms with Crippen LogP contribution in [0.3, 0.4) is 0 Å². The Kier molecular flexibility index (Phi) is 46.2. The molecule has 8 nitrogen and oxygen atoms in total. The molecule has 3 N–H and O–H groups in total. The molecule has 378 valence electrons. The van der Waals surface area contributed by atoms with E-state index in [0.717, 1.165) is 38.5 Å². The molecule has 0 radical (unpaired) electrons. The highest BCUT2D eigenvalue weighted by molar-refractivity contribution is 7.47. The third-order valence-corrected chi connectivity index (χ3v) is 14.1. The van der Waals surface area contributed by atoms with E-state index in [0.29, 0.717) is 23.9 Å². The van der Waals surface area contributed by atoms with Crippen molar-refractivity contribution in [3.8, 4) is 0 Å². The van der Waals surface area contributed by atoms with Crippen LogP contribution in [0.4, 0.5) is 0 Å². The number of aliphatic hydroxyl groups excluding tert-OH is 1. The summed E-state index contributed by atoms with van der Waals surface area (Å²) in [6.07, 6.45) is 54.3. The Labute approximate surface area is 393 Å². The van der Waals surface area contributed by atoms with Crippen LogP contribution >= 0.6 is 7.82 Å². The number of unbranched alkanes of at least 4 members (excludes halogenated alkanes) is 39. The molecule has 0 aromatic carbocycles. The average Bonchev–Trinajstić information content (AvgIpc) is 3.24. The minimum atomic E-state index is -4.31. The smallest absolute Gasteiger partial charge is 0.391 e. The van der Waals surface area contributed by atoms with Crippen molar-refractivity contribution in [1.82, 2.24) is 5.32 Å². The topological polar surface area (TPSA) is 105 Å². The Hall–Kier alpha value is -0.500. The third kappa shape index (κ3) is 49.2. The molecule has 0 aromatic heterocycles. The molecule has 0 saturated heterocycles. The molecule has 0 rings (SSSR count). The first-order valence-electron chi connectivity index (χ1n) is 27.9. The molecule has 0 heterocycles. The Balaban J connectivity index is 4.12. The standard InChI is InChI=1S/C54H111N2O6P/c1-6-8-10-12-14-16-18-20-22-24-25-26-27-28-29-30-32-34-36-38-40-42-44-46-48-54(58)55-52(51-62-63(59,60)61-50-49-56(3,4)5)53(57)47-45-43-41-39-37-35-33-31-23-21-19-17-15-13-11-9-7-2/h52-53,57H,6-51H2,1-5H3,(H-,55,58,59,60)/p+1/t52-,53+/m0/s1. The summed E-state index contributed by atoms with van der Waals surface area (Å²) in [4.78, 5) is 23.3. The summed E-state index contributed by atoms with van der Waals surface area (Å²) in [5, 5.41) is 14.1. The molecule has 1 amide bonds. The van der Waals surface area contributed by atoms with Gasteiger partial charge in [0.15, 0.2) is 0 Å². The van der Waals surface area contributed by atoms with Gasteiger partial charge in [0.1, 0.15) is 13.2 Å². The molecule has 0 aliphatic heterocycles. The lowest BCUT2D eigenvalue weighted by Gasteiger charge is -2.26. The number of amides is 1. The van der Waals surface area contributed by atoms with Gasteiger partial charge >= 0.3 is 7.82 Å². The number of carbonyl (C=O) groups is 1. The van der Waals surface area contributed by atoms with Crippen molar-refractivity contribution in [2.45, 2.75) is 302 Å². The first-order valence-corrected chi connectivity index (χ1v) is 29.4. The normalized spacial score (nSPS) is 14.0.